The van der Waals surface area contributed by atoms with Gasteiger partial charge in [-0.15, -0.1) is 0 Å². The highest BCUT2D eigenvalue weighted by Gasteiger charge is 2.01. The maximum atomic E-state index is 10.2. The summed E-state index contributed by atoms with van der Waals surface area (Å²) >= 11 is 0. The Hall–Kier alpha value is -0.630. The highest BCUT2D eigenvalue weighted by molar-refractivity contribution is 5.71. The molecule has 0 aromatic carbocycles. The summed E-state index contributed by atoms with van der Waals surface area (Å²) in [7, 11) is 0. The van der Waals surface area contributed by atoms with Crippen molar-refractivity contribution in [1.29, 1.82) is 0 Å². The van der Waals surface area contributed by atoms with Crippen LogP contribution in [0, 0.1) is 5.92 Å². The van der Waals surface area contributed by atoms with E-state index in [0.29, 0.717) is 11.5 Å². The summed E-state index contributed by atoms with van der Waals surface area (Å²) in [6.45, 7) is 6.09. The molecule has 0 heterocycles. The summed E-state index contributed by atoms with van der Waals surface area (Å²) in [5, 5.41) is 8.61. The van der Waals surface area contributed by atoms with Crippen molar-refractivity contribution in [1.82, 2.24) is 0 Å². The van der Waals surface area contributed by atoms with Crippen LogP contribution in [0.2, 0.25) is 0 Å². The van der Waals surface area contributed by atoms with Gasteiger partial charge in [0.25, 0.3) is 0 Å². The van der Waals surface area contributed by atoms with Crippen molar-refractivity contribution < 1.29 is 9.90 Å². The molecule has 0 aliphatic carbocycles. The van der Waals surface area contributed by atoms with Gasteiger partial charge in [0.1, 0.15) is 6.29 Å². The maximum absolute atomic E-state index is 10.2. The highest BCUT2D eigenvalue weighted by atomic mass is 16.2. The van der Waals surface area contributed by atoms with Gasteiger partial charge in [0.05, 0.1) is 0 Å². The Morgan fingerprint density at radius 2 is 2.08 bits per heavy atom. The van der Waals surface area contributed by atoms with Crippen molar-refractivity contribution in [2.45, 2.75) is 39.0 Å². The molecule has 13 heavy (non-hydrogen) atoms. The van der Waals surface area contributed by atoms with Crippen LogP contribution in [0.3, 0.4) is 0 Å². The second-order valence-corrected chi connectivity index (χ2v) is 3.64. The van der Waals surface area contributed by atoms with Crippen LogP contribution in [0.25, 0.3) is 0 Å². The lowest BCUT2D eigenvalue weighted by atomic mass is 9.98. The fourth-order valence-corrected chi connectivity index (χ4v) is 1.32. The normalized spacial score (nSPS) is 12.5. The van der Waals surface area contributed by atoms with Crippen molar-refractivity contribution in [3.05, 3.63) is 12.2 Å². The Morgan fingerprint density at radius 1 is 1.46 bits per heavy atom. The molecule has 2 heteroatoms. The zero-order valence-corrected chi connectivity index (χ0v) is 8.46. The first-order chi connectivity index (χ1) is 6.20. The Balaban J connectivity index is 3.30. The van der Waals surface area contributed by atoms with Crippen LogP contribution < -0.4 is 0 Å². The average Bonchev–Trinajstić information content (AvgIpc) is 2.14. The predicted octanol–water partition coefficient (Wildman–Crippen LogP) is 2.32. The van der Waals surface area contributed by atoms with Gasteiger partial charge in [0, 0.05) is 6.61 Å². The molecule has 0 fully saturated rings. The molecular formula is C11H20O2. The number of allylic oxidation sites excluding steroid dienone is 1. The molecule has 76 valence electrons. The van der Waals surface area contributed by atoms with Crippen molar-refractivity contribution in [2.75, 3.05) is 6.61 Å². The highest BCUT2D eigenvalue weighted by Crippen LogP contribution is 2.15. The molecule has 0 bridgehead atoms. The van der Waals surface area contributed by atoms with Crippen molar-refractivity contribution in [3.63, 3.8) is 0 Å². The van der Waals surface area contributed by atoms with Gasteiger partial charge in [-0.2, -0.15) is 0 Å². The lowest BCUT2D eigenvalue weighted by Gasteiger charge is -2.09. The summed E-state index contributed by atoms with van der Waals surface area (Å²) in [6.07, 6.45) is 5.75. The zero-order chi connectivity index (χ0) is 10.1. The third kappa shape index (κ3) is 7.72. The number of hydrogen-bond acceptors (Lipinski definition) is 2. The minimum atomic E-state index is 0.283. The number of rotatable bonds is 8. The van der Waals surface area contributed by atoms with Crippen LogP contribution in [0.4, 0.5) is 0 Å². The molecule has 0 saturated heterocycles. The molecule has 0 radical (unpaired) electrons. The monoisotopic (exact) mass is 184 g/mol. The lowest BCUT2D eigenvalue weighted by Crippen LogP contribution is -1.97. The zero-order valence-electron chi connectivity index (χ0n) is 8.46. The quantitative estimate of drug-likeness (QED) is 0.464. The molecule has 1 unspecified atom stereocenters. The number of carbonyl (C=O) groups is 1. The smallest absolute Gasteiger partial charge is 0.145 e. The molecule has 0 spiro atoms. The maximum Gasteiger partial charge on any atom is 0.145 e. The fraction of sp³-hybridized carbons (Fsp3) is 0.727. The second-order valence-electron chi connectivity index (χ2n) is 3.64. The molecule has 2 nitrogen and oxygen atoms in total. The van der Waals surface area contributed by atoms with E-state index in [2.05, 4.69) is 13.5 Å². The number of aliphatic hydroxyl groups is 1. The molecular weight excluding hydrogens is 164 g/mol. The standard InChI is InChI=1S/C11H20O2/c1-10(7-4-8-12)5-3-6-11(2)9-13/h9-10,12H,2-8H2,1H3. The van der Waals surface area contributed by atoms with E-state index in [1.165, 1.54) is 0 Å². The van der Waals surface area contributed by atoms with Gasteiger partial charge >= 0.3 is 0 Å². The average molecular weight is 184 g/mol. The van der Waals surface area contributed by atoms with Crippen LogP contribution in [0.1, 0.15) is 39.0 Å². The Morgan fingerprint density at radius 3 is 2.62 bits per heavy atom. The van der Waals surface area contributed by atoms with Crippen molar-refractivity contribution in [3.8, 4) is 0 Å². The fourth-order valence-electron chi connectivity index (χ4n) is 1.32. The number of carbonyl (C=O) groups excluding carboxylic acids is 1. The number of aliphatic hydroxyl groups excluding tert-OH is 1. The second kappa shape index (κ2) is 7.99. The molecule has 0 rings (SSSR count). The molecule has 0 aromatic rings. The Kier molecular flexibility index (Phi) is 7.60. The van der Waals surface area contributed by atoms with Crippen LogP contribution in [0.5, 0.6) is 0 Å². The lowest BCUT2D eigenvalue weighted by molar-refractivity contribution is -0.105. The largest absolute Gasteiger partial charge is 0.396 e. The van der Waals surface area contributed by atoms with Crippen LogP contribution in [-0.2, 0) is 4.79 Å². The first-order valence-corrected chi connectivity index (χ1v) is 4.94. The van der Waals surface area contributed by atoms with Crippen LogP contribution in [0.15, 0.2) is 12.2 Å². The van der Waals surface area contributed by atoms with Gasteiger partial charge < -0.3 is 5.11 Å². The first-order valence-electron chi connectivity index (χ1n) is 4.94. The van der Waals surface area contributed by atoms with Gasteiger partial charge in [-0.3, -0.25) is 4.79 Å². The molecule has 0 amide bonds. The summed E-state index contributed by atoms with van der Waals surface area (Å²) in [5.74, 6) is 0.645. The topological polar surface area (TPSA) is 37.3 Å². The van der Waals surface area contributed by atoms with Crippen molar-refractivity contribution in [2.24, 2.45) is 5.92 Å². The molecule has 0 aliphatic heterocycles. The van der Waals surface area contributed by atoms with E-state index in [4.69, 9.17) is 5.11 Å². The first kappa shape index (κ1) is 12.4. The van der Waals surface area contributed by atoms with Crippen molar-refractivity contribution >= 4 is 6.29 Å². The van der Waals surface area contributed by atoms with E-state index in [1.54, 1.807) is 0 Å². The Labute approximate surface area is 80.7 Å². The number of aldehydes is 1. The third-order valence-corrected chi connectivity index (χ3v) is 2.22. The van der Waals surface area contributed by atoms with E-state index >= 15 is 0 Å². The van der Waals surface area contributed by atoms with E-state index in [0.717, 1.165) is 38.4 Å². The summed E-state index contributed by atoms with van der Waals surface area (Å²) in [5.41, 5.74) is 0.689. The van der Waals surface area contributed by atoms with E-state index in [-0.39, 0.29) is 6.61 Å². The minimum Gasteiger partial charge on any atom is -0.396 e. The van der Waals surface area contributed by atoms with Gasteiger partial charge in [-0.05, 0) is 37.2 Å². The SMILES string of the molecule is C=C(C=O)CCCC(C)CCCO. The summed E-state index contributed by atoms with van der Waals surface area (Å²) in [4.78, 5) is 10.2. The minimum absolute atomic E-state index is 0.283. The molecule has 0 aliphatic rings. The van der Waals surface area contributed by atoms with E-state index < -0.39 is 0 Å². The Bertz CT molecular complexity index is 152. The number of hydrogen-bond donors (Lipinski definition) is 1. The van der Waals surface area contributed by atoms with E-state index in [9.17, 15) is 4.79 Å². The molecule has 0 saturated carbocycles. The van der Waals surface area contributed by atoms with Crippen LogP contribution in [-0.4, -0.2) is 18.0 Å². The van der Waals surface area contributed by atoms with Gasteiger partial charge in [-0.1, -0.05) is 19.9 Å². The van der Waals surface area contributed by atoms with E-state index in [1.807, 2.05) is 0 Å². The summed E-state index contributed by atoms with van der Waals surface area (Å²) in [6, 6.07) is 0. The summed E-state index contributed by atoms with van der Waals surface area (Å²) < 4.78 is 0. The van der Waals surface area contributed by atoms with Gasteiger partial charge in [0.15, 0.2) is 0 Å². The molecule has 1 N–H and O–H groups in total. The third-order valence-electron chi connectivity index (χ3n) is 2.22. The van der Waals surface area contributed by atoms with Gasteiger partial charge in [-0.25, -0.2) is 0 Å². The molecule has 1 atom stereocenters. The van der Waals surface area contributed by atoms with Crippen LogP contribution >= 0.6 is 0 Å². The predicted molar refractivity (Wildman–Crippen MR) is 54.5 cm³/mol. The van der Waals surface area contributed by atoms with Gasteiger partial charge in [0.2, 0.25) is 0 Å². The molecule has 0 aromatic heterocycles.